The van der Waals surface area contributed by atoms with Gasteiger partial charge in [0.1, 0.15) is 11.6 Å². The van der Waals surface area contributed by atoms with Crippen molar-refractivity contribution >= 4 is 29.3 Å². The molecule has 1 atom stereocenters. The van der Waals surface area contributed by atoms with Gasteiger partial charge in [0, 0.05) is 17.2 Å². The van der Waals surface area contributed by atoms with Crippen molar-refractivity contribution in [3.63, 3.8) is 0 Å². The van der Waals surface area contributed by atoms with Crippen LogP contribution in [0.5, 0.6) is 5.75 Å². The van der Waals surface area contributed by atoms with Crippen LogP contribution in [-0.4, -0.2) is 12.9 Å². The predicted octanol–water partition coefficient (Wildman–Crippen LogP) is 3.46. The molecule has 0 radical (unpaired) electrons. The van der Waals surface area contributed by atoms with E-state index in [0.717, 1.165) is 12.1 Å². The average Bonchev–Trinajstić information content (AvgIpc) is 2.56. The molecule has 2 aromatic carbocycles. The number of hydrogen-bond acceptors (Lipinski definition) is 5. The summed E-state index contributed by atoms with van der Waals surface area (Å²) in [7, 11) is 0. The highest BCUT2D eigenvalue weighted by Gasteiger charge is 2.34. The molecule has 1 aliphatic heterocycles. The Morgan fingerprint density at radius 3 is 2.83 bits per heavy atom. The highest BCUT2D eigenvalue weighted by atomic mass is 35.5. The van der Waals surface area contributed by atoms with Crippen LogP contribution in [-0.2, 0) is 5.66 Å². The lowest BCUT2D eigenvalue weighted by molar-refractivity contribution is 0.319. The van der Waals surface area contributed by atoms with Crippen LogP contribution in [0.4, 0.5) is 15.8 Å². The van der Waals surface area contributed by atoms with Gasteiger partial charge in [0.2, 0.25) is 0 Å². The number of nitrogens with two attached hydrogens (primary N) is 2. The number of hydrogen-bond donors (Lipinski definition) is 3. The van der Waals surface area contributed by atoms with E-state index in [1.54, 1.807) is 18.2 Å². The van der Waals surface area contributed by atoms with Gasteiger partial charge in [-0.1, -0.05) is 24.6 Å². The zero-order valence-corrected chi connectivity index (χ0v) is 13.9. The molecule has 0 aliphatic carbocycles. The number of benzene rings is 2. The SMILES string of the molecule is CCCOc1cc2c(cc1N)C(N)(c1ccc(F)c(Cl)c1)N=CN2. The average molecular weight is 349 g/mol. The maximum absolute atomic E-state index is 13.5. The highest BCUT2D eigenvalue weighted by molar-refractivity contribution is 6.30. The molecule has 0 bridgehead atoms. The molecule has 0 amide bonds. The van der Waals surface area contributed by atoms with Crippen molar-refractivity contribution in [2.45, 2.75) is 19.0 Å². The Morgan fingerprint density at radius 2 is 2.12 bits per heavy atom. The first kappa shape index (κ1) is 16.5. The molecular weight excluding hydrogens is 331 g/mol. The number of aliphatic imine (C=N–C) groups is 1. The Balaban J connectivity index is 2.09. The van der Waals surface area contributed by atoms with Crippen molar-refractivity contribution in [3.05, 3.63) is 52.3 Å². The number of anilines is 2. The van der Waals surface area contributed by atoms with E-state index >= 15 is 0 Å². The third-order valence-electron chi connectivity index (χ3n) is 3.87. The molecule has 1 heterocycles. The smallest absolute Gasteiger partial charge is 0.163 e. The monoisotopic (exact) mass is 348 g/mol. The van der Waals surface area contributed by atoms with Crippen LogP contribution in [0.25, 0.3) is 0 Å². The molecule has 3 rings (SSSR count). The second-order valence-electron chi connectivity index (χ2n) is 5.58. The molecule has 5 N–H and O–H groups in total. The van der Waals surface area contributed by atoms with E-state index in [1.165, 1.54) is 18.5 Å². The van der Waals surface area contributed by atoms with E-state index in [9.17, 15) is 4.39 Å². The minimum absolute atomic E-state index is 0.0107. The molecule has 0 saturated carbocycles. The summed E-state index contributed by atoms with van der Waals surface area (Å²) in [6.07, 6.45) is 2.37. The molecule has 0 spiro atoms. The van der Waals surface area contributed by atoms with Gasteiger partial charge in [-0.2, -0.15) is 0 Å². The third kappa shape index (κ3) is 2.79. The summed E-state index contributed by atoms with van der Waals surface area (Å²) in [5, 5.41) is 3.03. The molecule has 1 aliphatic rings. The molecule has 24 heavy (non-hydrogen) atoms. The van der Waals surface area contributed by atoms with E-state index in [2.05, 4.69) is 10.3 Å². The zero-order chi connectivity index (χ0) is 17.3. The van der Waals surface area contributed by atoms with E-state index in [4.69, 9.17) is 27.8 Å². The minimum atomic E-state index is -1.21. The summed E-state index contributed by atoms with van der Waals surface area (Å²) in [5.74, 6) is 0.0721. The molecule has 126 valence electrons. The Kier molecular flexibility index (Phi) is 4.34. The van der Waals surface area contributed by atoms with Crippen molar-refractivity contribution in [3.8, 4) is 5.75 Å². The second kappa shape index (κ2) is 6.30. The lowest BCUT2D eigenvalue weighted by Crippen LogP contribution is -2.39. The van der Waals surface area contributed by atoms with Gasteiger partial charge < -0.3 is 15.8 Å². The van der Waals surface area contributed by atoms with E-state index in [-0.39, 0.29) is 5.02 Å². The number of ether oxygens (including phenoxy) is 1. The van der Waals surface area contributed by atoms with Gasteiger partial charge in [-0.05, 0) is 24.6 Å². The van der Waals surface area contributed by atoms with Crippen molar-refractivity contribution in [2.75, 3.05) is 17.7 Å². The zero-order valence-electron chi connectivity index (χ0n) is 13.1. The summed E-state index contributed by atoms with van der Waals surface area (Å²) >= 11 is 5.89. The van der Waals surface area contributed by atoms with Crippen molar-refractivity contribution in [1.82, 2.24) is 0 Å². The molecule has 7 heteroatoms. The quantitative estimate of drug-likeness (QED) is 0.738. The summed E-state index contributed by atoms with van der Waals surface area (Å²) in [5.41, 5.74) is 13.8. The summed E-state index contributed by atoms with van der Waals surface area (Å²) < 4.78 is 19.1. The number of rotatable bonds is 4. The second-order valence-corrected chi connectivity index (χ2v) is 5.99. The number of fused-ring (bicyclic) bond motifs is 1. The van der Waals surface area contributed by atoms with Gasteiger partial charge >= 0.3 is 0 Å². The fourth-order valence-corrected chi connectivity index (χ4v) is 2.79. The van der Waals surface area contributed by atoms with E-state index in [1.807, 2.05) is 6.92 Å². The highest BCUT2D eigenvalue weighted by Crippen LogP contribution is 2.41. The van der Waals surface area contributed by atoms with Crippen LogP contribution in [0.15, 0.2) is 35.3 Å². The Labute approximate surface area is 144 Å². The maximum atomic E-state index is 13.5. The lowest BCUT2D eigenvalue weighted by Gasteiger charge is -2.32. The summed E-state index contributed by atoms with van der Waals surface area (Å²) in [6, 6.07) is 7.82. The first-order chi connectivity index (χ1) is 11.5. The van der Waals surface area contributed by atoms with E-state index in [0.29, 0.717) is 29.2 Å². The van der Waals surface area contributed by atoms with Crippen molar-refractivity contribution < 1.29 is 9.13 Å². The van der Waals surface area contributed by atoms with Crippen LogP contribution >= 0.6 is 11.6 Å². The van der Waals surface area contributed by atoms with Crippen LogP contribution < -0.4 is 21.5 Å². The number of nitrogens with one attached hydrogen (secondary N) is 1. The molecule has 5 nitrogen and oxygen atoms in total. The van der Waals surface area contributed by atoms with Gasteiger partial charge in [-0.25, -0.2) is 9.38 Å². The van der Waals surface area contributed by atoms with Crippen LogP contribution in [0.3, 0.4) is 0 Å². The van der Waals surface area contributed by atoms with Crippen LogP contribution in [0.1, 0.15) is 24.5 Å². The van der Waals surface area contributed by atoms with E-state index < -0.39 is 11.5 Å². The van der Waals surface area contributed by atoms with Gasteiger partial charge in [-0.3, -0.25) is 5.73 Å². The minimum Gasteiger partial charge on any atom is -0.491 e. The molecule has 1 unspecified atom stereocenters. The largest absolute Gasteiger partial charge is 0.491 e. The van der Waals surface area contributed by atoms with Gasteiger partial charge in [0.05, 0.1) is 29.3 Å². The first-order valence-corrected chi connectivity index (χ1v) is 7.95. The normalized spacial score (nSPS) is 18.8. The number of nitrogens with zero attached hydrogens (tertiary/aromatic N) is 1. The fourth-order valence-electron chi connectivity index (χ4n) is 2.60. The van der Waals surface area contributed by atoms with Gasteiger partial charge in [0.25, 0.3) is 0 Å². The Hall–Kier alpha value is -2.31. The molecule has 0 saturated heterocycles. The topological polar surface area (TPSA) is 85.7 Å². The summed E-state index contributed by atoms with van der Waals surface area (Å²) in [4.78, 5) is 4.34. The fraction of sp³-hybridized carbons (Fsp3) is 0.235. The lowest BCUT2D eigenvalue weighted by atomic mass is 9.89. The Morgan fingerprint density at radius 1 is 1.33 bits per heavy atom. The van der Waals surface area contributed by atoms with Gasteiger partial charge in [0.15, 0.2) is 5.66 Å². The van der Waals surface area contributed by atoms with Gasteiger partial charge in [-0.15, -0.1) is 0 Å². The van der Waals surface area contributed by atoms with Crippen LogP contribution in [0.2, 0.25) is 5.02 Å². The predicted molar refractivity (Wildman–Crippen MR) is 95.1 cm³/mol. The maximum Gasteiger partial charge on any atom is 0.163 e. The third-order valence-corrected chi connectivity index (χ3v) is 4.16. The van der Waals surface area contributed by atoms with Crippen molar-refractivity contribution in [1.29, 1.82) is 0 Å². The molecule has 2 aromatic rings. The first-order valence-electron chi connectivity index (χ1n) is 7.57. The molecule has 0 fully saturated rings. The van der Waals surface area contributed by atoms with Crippen LogP contribution in [0, 0.1) is 5.82 Å². The summed E-state index contributed by atoms with van der Waals surface area (Å²) in [6.45, 7) is 2.58. The number of halogens is 2. The number of nitrogen functional groups attached to an aromatic ring is 1. The Bertz CT molecular complexity index is 811. The standard InChI is InChI=1S/C17H18ClFN4O/c1-2-5-24-16-8-15-11(7-14(16)20)17(21,23-9-22-15)10-3-4-13(19)12(18)6-10/h3-4,6-9H,2,5,20-21H2,1H3,(H,22,23). The van der Waals surface area contributed by atoms with Crippen molar-refractivity contribution in [2.24, 2.45) is 10.7 Å². The molecule has 0 aromatic heterocycles. The molecular formula is C17H18ClFN4O.